The first-order chi connectivity index (χ1) is 9.20. The lowest BCUT2D eigenvalue weighted by Gasteiger charge is -2.13. The van der Waals surface area contributed by atoms with Crippen molar-refractivity contribution >= 4 is 0 Å². The van der Waals surface area contributed by atoms with Crippen LogP contribution in [0, 0.1) is 0 Å². The van der Waals surface area contributed by atoms with Crippen LogP contribution >= 0.6 is 0 Å². The van der Waals surface area contributed by atoms with Gasteiger partial charge in [-0.1, -0.05) is 6.07 Å². The van der Waals surface area contributed by atoms with Crippen LogP contribution in [-0.4, -0.2) is 23.3 Å². The van der Waals surface area contributed by atoms with E-state index in [1.54, 1.807) is 19.6 Å². The first-order valence-electron chi connectivity index (χ1n) is 6.22. The Kier molecular flexibility index (Phi) is 4.41. The van der Waals surface area contributed by atoms with Crippen molar-refractivity contribution in [2.45, 2.75) is 19.5 Å². The van der Waals surface area contributed by atoms with Gasteiger partial charge in [-0.05, 0) is 24.6 Å². The van der Waals surface area contributed by atoms with Crippen molar-refractivity contribution in [1.29, 1.82) is 0 Å². The molecule has 0 radical (unpaired) electrons. The minimum absolute atomic E-state index is 0.0195. The number of nitrogens with zero attached hydrogens (tertiary/aromatic N) is 2. The summed E-state index contributed by atoms with van der Waals surface area (Å²) in [5, 5.41) is 0. The highest BCUT2D eigenvalue weighted by atomic mass is 16.5. The molecule has 2 N–H and O–H groups in total. The van der Waals surface area contributed by atoms with Crippen LogP contribution in [0.25, 0.3) is 0 Å². The molecule has 2 aromatic rings. The number of rotatable bonds is 6. The molecule has 0 bridgehead atoms. The second-order valence-corrected chi connectivity index (χ2v) is 4.35. The third-order valence-corrected chi connectivity index (χ3v) is 2.88. The number of aromatic nitrogens is 2. The van der Waals surface area contributed by atoms with E-state index in [1.165, 1.54) is 0 Å². The molecule has 0 fully saturated rings. The zero-order valence-electron chi connectivity index (χ0n) is 11.2. The van der Waals surface area contributed by atoms with Crippen LogP contribution in [0.5, 0.6) is 11.5 Å². The molecule has 1 heterocycles. The summed E-state index contributed by atoms with van der Waals surface area (Å²) in [7, 11) is 1.63. The minimum Gasteiger partial charge on any atom is -0.493 e. The first-order valence-corrected chi connectivity index (χ1v) is 6.22. The van der Waals surface area contributed by atoms with Crippen molar-refractivity contribution in [1.82, 2.24) is 9.55 Å². The number of methoxy groups -OCH3 is 1. The van der Waals surface area contributed by atoms with Crippen molar-refractivity contribution in [2.24, 2.45) is 5.73 Å². The van der Waals surface area contributed by atoms with Gasteiger partial charge in [0, 0.05) is 18.4 Å². The molecule has 0 unspecified atom stereocenters. The van der Waals surface area contributed by atoms with Gasteiger partial charge in [0.05, 0.1) is 20.0 Å². The Bertz CT molecular complexity index is 509. The molecule has 0 aliphatic carbocycles. The third kappa shape index (κ3) is 3.48. The molecule has 0 aliphatic rings. The Labute approximate surface area is 113 Å². The maximum Gasteiger partial charge on any atom is 0.161 e. The summed E-state index contributed by atoms with van der Waals surface area (Å²) in [5.74, 6) is 1.44. The van der Waals surface area contributed by atoms with E-state index in [2.05, 4.69) is 4.98 Å². The minimum atomic E-state index is -0.0195. The predicted octanol–water partition coefficient (Wildman–Crippen LogP) is 1.99. The van der Waals surface area contributed by atoms with Crippen molar-refractivity contribution in [3.63, 3.8) is 0 Å². The molecule has 0 amide bonds. The molecule has 1 aromatic carbocycles. The molecule has 1 aromatic heterocycles. The molecular formula is C14H19N3O2. The molecule has 0 spiro atoms. The standard InChI is InChI=1S/C14H19N3O2/c1-11(15)12-3-4-13(14(9-12)18-2)19-8-7-17-6-5-16-10-17/h3-6,9-11H,7-8,15H2,1-2H3/t11-/m1/s1. The highest BCUT2D eigenvalue weighted by Crippen LogP contribution is 2.29. The second kappa shape index (κ2) is 6.24. The highest BCUT2D eigenvalue weighted by Gasteiger charge is 2.08. The number of hydrogen-bond acceptors (Lipinski definition) is 4. The molecule has 19 heavy (non-hydrogen) atoms. The second-order valence-electron chi connectivity index (χ2n) is 4.35. The zero-order valence-corrected chi connectivity index (χ0v) is 11.2. The van der Waals surface area contributed by atoms with E-state index in [0.29, 0.717) is 12.4 Å². The number of benzene rings is 1. The molecule has 102 valence electrons. The molecule has 1 atom stereocenters. The van der Waals surface area contributed by atoms with Gasteiger partial charge in [0.2, 0.25) is 0 Å². The summed E-state index contributed by atoms with van der Waals surface area (Å²) >= 11 is 0. The normalized spacial score (nSPS) is 12.2. The number of hydrogen-bond donors (Lipinski definition) is 1. The number of imidazole rings is 1. The van der Waals surface area contributed by atoms with Gasteiger partial charge in [-0.2, -0.15) is 0 Å². The average molecular weight is 261 g/mol. The summed E-state index contributed by atoms with van der Waals surface area (Å²) in [6.07, 6.45) is 5.41. The van der Waals surface area contributed by atoms with Gasteiger partial charge >= 0.3 is 0 Å². The lowest BCUT2D eigenvalue weighted by molar-refractivity contribution is 0.279. The summed E-state index contributed by atoms with van der Waals surface area (Å²) in [6.45, 7) is 3.25. The maximum atomic E-state index is 5.85. The van der Waals surface area contributed by atoms with Crippen molar-refractivity contribution in [2.75, 3.05) is 13.7 Å². The molecule has 5 heteroatoms. The average Bonchev–Trinajstić information content (AvgIpc) is 2.92. The molecule has 5 nitrogen and oxygen atoms in total. The fraction of sp³-hybridized carbons (Fsp3) is 0.357. The highest BCUT2D eigenvalue weighted by molar-refractivity contribution is 5.43. The molecule has 0 aliphatic heterocycles. The van der Waals surface area contributed by atoms with Gasteiger partial charge in [-0.15, -0.1) is 0 Å². The van der Waals surface area contributed by atoms with E-state index in [0.717, 1.165) is 17.9 Å². The quantitative estimate of drug-likeness (QED) is 0.863. The largest absolute Gasteiger partial charge is 0.493 e. The third-order valence-electron chi connectivity index (χ3n) is 2.88. The van der Waals surface area contributed by atoms with E-state index in [4.69, 9.17) is 15.2 Å². The van der Waals surface area contributed by atoms with E-state index in [-0.39, 0.29) is 6.04 Å². The van der Waals surface area contributed by atoms with E-state index < -0.39 is 0 Å². The molecule has 0 saturated heterocycles. The predicted molar refractivity (Wildman–Crippen MR) is 73.3 cm³/mol. The topological polar surface area (TPSA) is 62.3 Å². The van der Waals surface area contributed by atoms with E-state index in [9.17, 15) is 0 Å². The Morgan fingerprint density at radius 3 is 2.84 bits per heavy atom. The fourth-order valence-electron chi connectivity index (χ4n) is 1.77. The number of nitrogens with two attached hydrogens (primary N) is 1. The Morgan fingerprint density at radius 1 is 1.37 bits per heavy atom. The SMILES string of the molecule is COc1cc([C@@H](C)N)ccc1OCCn1ccnc1. The Morgan fingerprint density at radius 2 is 2.21 bits per heavy atom. The van der Waals surface area contributed by atoms with Crippen LogP contribution in [-0.2, 0) is 6.54 Å². The van der Waals surface area contributed by atoms with Crippen LogP contribution < -0.4 is 15.2 Å². The van der Waals surface area contributed by atoms with Gasteiger partial charge in [-0.25, -0.2) is 4.98 Å². The van der Waals surface area contributed by atoms with Crippen molar-refractivity contribution in [3.05, 3.63) is 42.5 Å². The fourth-order valence-corrected chi connectivity index (χ4v) is 1.77. The van der Waals surface area contributed by atoms with Crippen LogP contribution in [0.2, 0.25) is 0 Å². The van der Waals surface area contributed by atoms with Crippen LogP contribution in [0.4, 0.5) is 0 Å². The Hall–Kier alpha value is -2.01. The van der Waals surface area contributed by atoms with Gasteiger partial charge in [0.15, 0.2) is 11.5 Å². The smallest absolute Gasteiger partial charge is 0.161 e. The summed E-state index contributed by atoms with van der Waals surface area (Å²) in [4.78, 5) is 3.98. The van der Waals surface area contributed by atoms with Gasteiger partial charge < -0.3 is 19.8 Å². The van der Waals surface area contributed by atoms with Gasteiger partial charge in [-0.3, -0.25) is 0 Å². The summed E-state index contributed by atoms with van der Waals surface area (Å²) in [6, 6.07) is 5.75. The molecule has 2 rings (SSSR count). The maximum absolute atomic E-state index is 5.85. The van der Waals surface area contributed by atoms with Gasteiger partial charge in [0.1, 0.15) is 6.61 Å². The molecular weight excluding hydrogens is 242 g/mol. The summed E-state index contributed by atoms with van der Waals surface area (Å²) in [5.41, 5.74) is 6.87. The summed E-state index contributed by atoms with van der Waals surface area (Å²) < 4.78 is 13.0. The van der Waals surface area contributed by atoms with E-state index >= 15 is 0 Å². The molecule has 0 saturated carbocycles. The van der Waals surface area contributed by atoms with Crippen LogP contribution in [0.3, 0.4) is 0 Å². The first kappa shape index (κ1) is 13.4. The van der Waals surface area contributed by atoms with Gasteiger partial charge in [0.25, 0.3) is 0 Å². The van der Waals surface area contributed by atoms with Crippen molar-refractivity contribution < 1.29 is 9.47 Å². The van der Waals surface area contributed by atoms with E-state index in [1.807, 2.05) is 35.9 Å². The monoisotopic (exact) mass is 261 g/mol. The van der Waals surface area contributed by atoms with Crippen LogP contribution in [0.1, 0.15) is 18.5 Å². The Balaban J connectivity index is 1.99. The zero-order chi connectivity index (χ0) is 13.7. The van der Waals surface area contributed by atoms with Crippen LogP contribution in [0.15, 0.2) is 36.9 Å². The van der Waals surface area contributed by atoms with Crippen molar-refractivity contribution in [3.8, 4) is 11.5 Å². The lowest BCUT2D eigenvalue weighted by atomic mass is 10.1. The lowest BCUT2D eigenvalue weighted by Crippen LogP contribution is -2.08. The number of ether oxygens (including phenoxy) is 2.